The standard InChI is InChI=1S/C19H24N2O3S.ClH/c1-24-18-8-5-9-19(16-18)25(22,23)21-14-12-20(13-15-21)11-10-17-6-3-2-4-7-17;/h2-9,16H,10-15H2,1H3;1H. The number of hydrogen-bond acceptors (Lipinski definition) is 4. The minimum Gasteiger partial charge on any atom is -0.497 e. The Morgan fingerprint density at radius 1 is 0.962 bits per heavy atom. The molecule has 26 heavy (non-hydrogen) atoms. The Morgan fingerprint density at radius 2 is 1.65 bits per heavy atom. The summed E-state index contributed by atoms with van der Waals surface area (Å²) in [6.07, 6.45) is 0.990. The van der Waals surface area contributed by atoms with Crippen LogP contribution in [0, 0.1) is 0 Å². The summed E-state index contributed by atoms with van der Waals surface area (Å²) in [6.45, 7) is 3.52. The lowest BCUT2D eigenvalue weighted by Gasteiger charge is -2.34. The third-order valence-electron chi connectivity index (χ3n) is 4.57. The molecule has 0 bridgehead atoms. The minimum atomic E-state index is -3.46. The fourth-order valence-corrected chi connectivity index (χ4v) is 4.49. The predicted molar refractivity (Wildman–Crippen MR) is 106 cm³/mol. The van der Waals surface area contributed by atoms with Gasteiger partial charge in [0.15, 0.2) is 0 Å². The van der Waals surface area contributed by atoms with Gasteiger partial charge in [0.25, 0.3) is 0 Å². The molecule has 5 nitrogen and oxygen atoms in total. The second kappa shape index (κ2) is 9.37. The molecule has 0 atom stereocenters. The van der Waals surface area contributed by atoms with Gasteiger partial charge in [0.1, 0.15) is 5.75 Å². The maximum absolute atomic E-state index is 12.8. The number of ether oxygens (including phenoxy) is 1. The minimum absolute atomic E-state index is 0. The van der Waals surface area contributed by atoms with Crippen LogP contribution >= 0.6 is 12.4 Å². The van der Waals surface area contributed by atoms with E-state index in [2.05, 4.69) is 17.0 Å². The molecule has 1 aliphatic heterocycles. The highest BCUT2D eigenvalue weighted by Gasteiger charge is 2.28. The van der Waals surface area contributed by atoms with Crippen molar-refractivity contribution >= 4 is 22.4 Å². The Kier molecular flexibility index (Phi) is 7.46. The van der Waals surface area contributed by atoms with Crippen LogP contribution in [0.3, 0.4) is 0 Å². The first-order chi connectivity index (χ1) is 12.1. The van der Waals surface area contributed by atoms with Crippen LogP contribution in [0.1, 0.15) is 5.56 Å². The van der Waals surface area contributed by atoms with E-state index in [-0.39, 0.29) is 12.4 Å². The monoisotopic (exact) mass is 396 g/mol. The van der Waals surface area contributed by atoms with Crippen LogP contribution in [-0.4, -0.2) is 57.5 Å². The van der Waals surface area contributed by atoms with Crippen molar-refractivity contribution in [1.82, 2.24) is 9.21 Å². The SMILES string of the molecule is COc1cccc(S(=O)(=O)N2CCN(CCc3ccccc3)CC2)c1.Cl. The van der Waals surface area contributed by atoms with Gasteiger partial charge in [-0.1, -0.05) is 36.4 Å². The lowest BCUT2D eigenvalue weighted by Crippen LogP contribution is -2.48. The lowest BCUT2D eigenvalue weighted by atomic mass is 10.1. The third kappa shape index (κ3) is 4.98. The summed E-state index contributed by atoms with van der Waals surface area (Å²) < 4.78 is 32.3. The zero-order valence-electron chi connectivity index (χ0n) is 14.9. The van der Waals surface area contributed by atoms with Crippen molar-refractivity contribution in [3.8, 4) is 5.75 Å². The smallest absolute Gasteiger partial charge is 0.243 e. The number of nitrogens with zero attached hydrogens (tertiary/aromatic N) is 2. The van der Waals surface area contributed by atoms with Crippen molar-refractivity contribution in [2.75, 3.05) is 39.8 Å². The van der Waals surface area contributed by atoms with Crippen molar-refractivity contribution < 1.29 is 13.2 Å². The van der Waals surface area contributed by atoms with E-state index < -0.39 is 10.0 Å². The molecular weight excluding hydrogens is 372 g/mol. The van der Waals surface area contributed by atoms with Gasteiger partial charge in [0.2, 0.25) is 10.0 Å². The van der Waals surface area contributed by atoms with Gasteiger partial charge in [-0.15, -0.1) is 12.4 Å². The summed E-state index contributed by atoms with van der Waals surface area (Å²) in [5.74, 6) is 0.558. The molecule has 1 heterocycles. The second-order valence-electron chi connectivity index (χ2n) is 6.16. The maximum Gasteiger partial charge on any atom is 0.243 e. The highest BCUT2D eigenvalue weighted by Crippen LogP contribution is 2.22. The predicted octanol–water partition coefficient (Wildman–Crippen LogP) is 2.67. The molecule has 0 aromatic heterocycles. The average Bonchev–Trinajstić information content (AvgIpc) is 2.67. The molecule has 7 heteroatoms. The number of rotatable bonds is 6. The Labute approximate surface area is 162 Å². The molecule has 0 aliphatic carbocycles. The van der Waals surface area contributed by atoms with Crippen molar-refractivity contribution in [2.45, 2.75) is 11.3 Å². The largest absolute Gasteiger partial charge is 0.497 e. The van der Waals surface area contributed by atoms with E-state index in [0.717, 1.165) is 26.1 Å². The van der Waals surface area contributed by atoms with E-state index in [9.17, 15) is 8.42 Å². The van der Waals surface area contributed by atoms with Gasteiger partial charge >= 0.3 is 0 Å². The Morgan fingerprint density at radius 3 is 2.31 bits per heavy atom. The quantitative estimate of drug-likeness (QED) is 0.753. The van der Waals surface area contributed by atoms with Gasteiger partial charge in [-0.25, -0.2) is 8.42 Å². The van der Waals surface area contributed by atoms with Gasteiger partial charge in [0.05, 0.1) is 12.0 Å². The maximum atomic E-state index is 12.8. The number of hydrogen-bond donors (Lipinski definition) is 0. The molecule has 142 valence electrons. The Balaban J connectivity index is 0.00000243. The number of sulfonamides is 1. The highest BCUT2D eigenvalue weighted by atomic mass is 35.5. The number of benzene rings is 2. The lowest BCUT2D eigenvalue weighted by molar-refractivity contribution is 0.190. The molecule has 1 saturated heterocycles. The summed E-state index contributed by atoms with van der Waals surface area (Å²) in [7, 11) is -1.92. The summed E-state index contributed by atoms with van der Waals surface area (Å²) in [5.41, 5.74) is 1.31. The summed E-state index contributed by atoms with van der Waals surface area (Å²) >= 11 is 0. The zero-order valence-corrected chi connectivity index (χ0v) is 16.5. The van der Waals surface area contributed by atoms with E-state index in [0.29, 0.717) is 23.7 Å². The average molecular weight is 397 g/mol. The summed E-state index contributed by atoms with van der Waals surface area (Å²) in [5, 5.41) is 0. The first-order valence-electron chi connectivity index (χ1n) is 8.50. The zero-order chi connectivity index (χ0) is 17.7. The van der Waals surface area contributed by atoms with Gasteiger partial charge in [0, 0.05) is 38.8 Å². The third-order valence-corrected chi connectivity index (χ3v) is 6.46. The molecule has 0 radical (unpaired) electrons. The van der Waals surface area contributed by atoms with E-state index in [1.165, 1.54) is 12.7 Å². The molecule has 1 fully saturated rings. The molecule has 0 saturated carbocycles. The molecule has 2 aromatic carbocycles. The first kappa shape index (κ1) is 20.7. The first-order valence-corrected chi connectivity index (χ1v) is 9.94. The number of methoxy groups -OCH3 is 1. The fourth-order valence-electron chi connectivity index (χ4n) is 3.04. The molecule has 2 aromatic rings. The number of piperazine rings is 1. The van der Waals surface area contributed by atoms with Gasteiger partial charge in [-0.3, -0.25) is 0 Å². The Hall–Kier alpha value is -1.60. The van der Waals surface area contributed by atoms with Gasteiger partial charge in [-0.05, 0) is 24.1 Å². The Bertz CT molecular complexity index is 791. The van der Waals surface area contributed by atoms with Crippen LogP contribution < -0.4 is 4.74 Å². The van der Waals surface area contributed by atoms with Crippen LogP contribution in [0.25, 0.3) is 0 Å². The molecule has 0 amide bonds. The van der Waals surface area contributed by atoms with Crippen LogP contribution in [0.15, 0.2) is 59.5 Å². The summed E-state index contributed by atoms with van der Waals surface area (Å²) in [4.78, 5) is 2.62. The van der Waals surface area contributed by atoms with Crippen molar-refractivity contribution in [1.29, 1.82) is 0 Å². The second-order valence-corrected chi connectivity index (χ2v) is 8.10. The van der Waals surface area contributed by atoms with Crippen molar-refractivity contribution in [3.63, 3.8) is 0 Å². The van der Waals surface area contributed by atoms with Crippen molar-refractivity contribution in [2.24, 2.45) is 0 Å². The van der Waals surface area contributed by atoms with Gasteiger partial charge < -0.3 is 9.64 Å². The normalized spacial score (nSPS) is 16.0. The topological polar surface area (TPSA) is 49.9 Å². The molecular formula is C19H25ClN2O3S. The molecule has 1 aliphatic rings. The molecule has 0 N–H and O–H groups in total. The van der Waals surface area contributed by atoms with Crippen LogP contribution in [0.4, 0.5) is 0 Å². The van der Waals surface area contributed by atoms with E-state index in [1.807, 2.05) is 18.2 Å². The fraction of sp³-hybridized carbons (Fsp3) is 0.368. The van der Waals surface area contributed by atoms with E-state index in [1.54, 1.807) is 28.6 Å². The summed E-state index contributed by atoms with van der Waals surface area (Å²) in [6, 6.07) is 17.0. The van der Waals surface area contributed by atoms with Gasteiger partial charge in [-0.2, -0.15) is 4.31 Å². The molecule has 0 unspecified atom stereocenters. The van der Waals surface area contributed by atoms with Crippen LogP contribution in [0.5, 0.6) is 5.75 Å². The van der Waals surface area contributed by atoms with Crippen molar-refractivity contribution in [3.05, 3.63) is 60.2 Å². The van der Waals surface area contributed by atoms with Crippen LogP contribution in [0.2, 0.25) is 0 Å². The highest BCUT2D eigenvalue weighted by molar-refractivity contribution is 7.89. The number of halogens is 1. The van der Waals surface area contributed by atoms with E-state index >= 15 is 0 Å². The molecule has 0 spiro atoms. The van der Waals surface area contributed by atoms with E-state index in [4.69, 9.17) is 4.74 Å². The molecule has 3 rings (SSSR count). The van der Waals surface area contributed by atoms with Crippen LogP contribution in [-0.2, 0) is 16.4 Å².